The van der Waals surface area contributed by atoms with Crippen LogP contribution in [0.1, 0.15) is 19.4 Å². The van der Waals surface area contributed by atoms with Gasteiger partial charge in [0.15, 0.2) is 5.71 Å². The van der Waals surface area contributed by atoms with Gasteiger partial charge in [0, 0.05) is 10.3 Å². The zero-order chi connectivity index (χ0) is 22.2. The summed E-state index contributed by atoms with van der Waals surface area (Å²) in [6, 6.07) is 16.4. The van der Waals surface area contributed by atoms with Crippen molar-refractivity contribution in [3.05, 3.63) is 66.2 Å². The van der Waals surface area contributed by atoms with Gasteiger partial charge in [0.2, 0.25) is 5.91 Å². The number of para-hydroxylation sites is 1. The van der Waals surface area contributed by atoms with Gasteiger partial charge in [-0.3, -0.25) is 15.0 Å². The molecule has 4 rings (SSSR count). The normalized spacial score (nSPS) is 24.2. The van der Waals surface area contributed by atoms with Crippen molar-refractivity contribution in [1.82, 2.24) is 10.2 Å². The van der Waals surface area contributed by atoms with Crippen LogP contribution >= 0.6 is 11.8 Å². The van der Waals surface area contributed by atoms with Gasteiger partial charge in [-0.2, -0.15) is 5.10 Å². The number of carbonyl (C=O) groups excluding carboxylic acids is 2. The quantitative estimate of drug-likeness (QED) is 0.362. The molecular weight excluding hydrogens is 416 g/mol. The molecule has 3 atom stereocenters. The molecule has 3 N–H and O–H groups in total. The van der Waals surface area contributed by atoms with Crippen molar-refractivity contribution >= 4 is 40.9 Å². The van der Waals surface area contributed by atoms with E-state index in [0.29, 0.717) is 11.3 Å². The molecule has 0 radical (unpaired) electrons. The summed E-state index contributed by atoms with van der Waals surface area (Å²) in [6.45, 7) is 3.59. The zero-order valence-corrected chi connectivity index (χ0v) is 17.8. The second kappa shape index (κ2) is 8.07. The minimum atomic E-state index is -1.04. The Labute approximate surface area is 183 Å². The average molecular weight is 439 g/mol. The van der Waals surface area contributed by atoms with E-state index >= 15 is 0 Å². The number of hydrazone groups is 1. The number of nitrogens with one attached hydrogen (secondary N) is 2. The van der Waals surface area contributed by atoms with Gasteiger partial charge in [0.1, 0.15) is 17.5 Å². The second-order valence-electron chi connectivity index (χ2n) is 7.85. The number of carboxylic acids is 1. The molecule has 9 heteroatoms. The predicted molar refractivity (Wildman–Crippen MR) is 119 cm³/mol. The van der Waals surface area contributed by atoms with E-state index in [-0.39, 0.29) is 5.71 Å². The highest BCUT2D eigenvalue weighted by Crippen LogP contribution is 2.50. The van der Waals surface area contributed by atoms with Gasteiger partial charge in [-0.05, 0) is 26.0 Å². The van der Waals surface area contributed by atoms with Crippen molar-refractivity contribution in [2.45, 2.75) is 36.1 Å². The largest absolute Gasteiger partial charge is 0.480 e. The van der Waals surface area contributed by atoms with E-state index in [4.69, 9.17) is 0 Å². The summed E-state index contributed by atoms with van der Waals surface area (Å²) >= 11 is 1.38. The Morgan fingerprint density at radius 3 is 2.29 bits per heavy atom. The van der Waals surface area contributed by atoms with E-state index in [1.54, 1.807) is 38.1 Å². The number of thioether (sulfide) groups is 1. The Hall–Kier alpha value is -3.33. The van der Waals surface area contributed by atoms with Crippen LogP contribution in [0.25, 0.3) is 0 Å². The summed E-state index contributed by atoms with van der Waals surface area (Å²) in [6.07, 6.45) is 0. The molecule has 2 aromatic carbocycles. The van der Waals surface area contributed by atoms with Crippen LogP contribution in [0.5, 0.6) is 0 Å². The van der Waals surface area contributed by atoms with Crippen molar-refractivity contribution in [1.29, 1.82) is 0 Å². The van der Waals surface area contributed by atoms with Gasteiger partial charge in [-0.25, -0.2) is 4.79 Å². The van der Waals surface area contributed by atoms with Gasteiger partial charge < -0.3 is 15.3 Å². The van der Waals surface area contributed by atoms with Gasteiger partial charge >= 0.3 is 5.97 Å². The molecule has 0 saturated carbocycles. The lowest BCUT2D eigenvalue weighted by Gasteiger charge is -2.43. The predicted octanol–water partition coefficient (Wildman–Crippen LogP) is 2.13. The molecule has 2 aliphatic rings. The van der Waals surface area contributed by atoms with Crippen LogP contribution in [0.4, 0.5) is 5.69 Å². The minimum Gasteiger partial charge on any atom is -0.480 e. The first kappa shape index (κ1) is 20.9. The van der Waals surface area contributed by atoms with E-state index in [0.717, 1.165) is 0 Å². The molecule has 2 aliphatic heterocycles. The topological polar surface area (TPSA) is 111 Å². The maximum absolute atomic E-state index is 13.1. The standard InChI is InChI=1S/C22H22N4O4S/c1-22(2)17(21(29)30)26-19(28)16(20(26)31-22)23-18(27)15(13-9-5-3-6-10-13)25-24-14-11-7-4-8-12-14/h3-12,16-17,20,24H,1-2H3,(H,23,27)(H,29,30)/t16-,17+,20-/m1/s1. The van der Waals surface area contributed by atoms with E-state index in [2.05, 4.69) is 15.8 Å². The number of β-lactam (4-membered cyclic amide) rings is 1. The van der Waals surface area contributed by atoms with Gasteiger partial charge in [0.05, 0.1) is 5.69 Å². The van der Waals surface area contributed by atoms with Crippen LogP contribution in [-0.4, -0.2) is 55.7 Å². The summed E-state index contributed by atoms with van der Waals surface area (Å²) in [5, 5.41) is 16.2. The van der Waals surface area contributed by atoms with E-state index in [9.17, 15) is 19.5 Å². The highest BCUT2D eigenvalue weighted by Gasteiger charge is 2.64. The number of hydrogen-bond donors (Lipinski definition) is 3. The van der Waals surface area contributed by atoms with E-state index in [1.165, 1.54) is 16.7 Å². The van der Waals surface area contributed by atoms with Crippen molar-refractivity contribution < 1.29 is 19.5 Å². The lowest BCUT2D eigenvalue weighted by atomic mass is 9.96. The molecule has 0 aromatic heterocycles. The number of aliphatic carboxylic acids is 1. The highest BCUT2D eigenvalue weighted by atomic mass is 32.2. The minimum absolute atomic E-state index is 0.132. The Kier molecular flexibility index (Phi) is 5.45. The molecule has 2 saturated heterocycles. The molecule has 8 nitrogen and oxygen atoms in total. The molecule has 0 aliphatic carbocycles. The third-order valence-corrected chi connectivity index (χ3v) is 6.87. The maximum atomic E-state index is 13.1. The number of rotatable bonds is 6. The Bertz CT molecular complexity index is 1040. The number of hydrogen-bond acceptors (Lipinski definition) is 6. The number of carbonyl (C=O) groups is 3. The maximum Gasteiger partial charge on any atom is 0.327 e. The van der Waals surface area contributed by atoms with E-state index < -0.39 is 40.0 Å². The highest BCUT2D eigenvalue weighted by molar-refractivity contribution is 8.01. The van der Waals surface area contributed by atoms with Gasteiger partial charge in [0.25, 0.3) is 5.91 Å². The zero-order valence-electron chi connectivity index (χ0n) is 17.0. The van der Waals surface area contributed by atoms with Crippen molar-refractivity contribution in [2.75, 3.05) is 5.43 Å². The average Bonchev–Trinajstić information content (AvgIpc) is 3.01. The SMILES string of the molecule is CC1(C)S[C@@H]2[C@H](NC(=O)C(=NNc3ccccc3)c3ccccc3)C(=O)N2[C@H]1C(=O)O. The molecule has 0 spiro atoms. The Balaban J connectivity index is 1.55. The fourth-order valence-electron chi connectivity index (χ4n) is 3.83. The van der Waals surface area contributed by atoms with Crippen LogP contribution in [-0.2, 0) is 14.4 Å². The summed E-state index contributed by atoms with van der Waals surface area (Å²) in [5.74, 6) is -1.95. The van der Waals surface area contributed by atoms with E-state index in [1.807, 2.05) is 36.4 Å². The molecule has 2 amide bonds. The number of anilines is 1. The molecule has 160 valence electrons. The summed E-state index contributed by atoms with van der Waals surface area (Å²) < 4.78 is -0.656. The molecule has 2 aromatic rings. The molecule has 0 unspecified atom stereocenters. The fraction of sp³-hybridized carbons (Fsp3) is 0.273. The van der Waals surface area contributed by atoms with Crippen molar-refractivity contribution in [2.24, 2.45) is 5.10 Å². The lowest BCUT2D eigenvalue weighted by Crippen LogP contribution is -2.71. The van der Waals surface area contributed by atoms with Crippen LogP contribution in [0.2, 0.25) is 0 Å². The number of carboxylic acid groups (broad SMARTS) is 1. The molecule has 0 bridgehead atoms. The number of benzene rings is 2. The third-order valence-electron chi connectivity index (χ3n) is 5.29. The van der Waals surface area contributed by atoms with Gasteiger partial charge in [-0.1, -0.05) is 48.5 Å². The van der Waals surface area contributed by atoms with Crippen LogP contribution in [0, 0.1) is 0 Å². The number of fused-ring (bicyclic) bond motifs is 1. The lowest BCUT2D eigenvalue weighted by molar-refractivity contribution is -0.160. The first-order valence-corrected chi connectivity index (χ1v) is 10.7. The number of nitrogens with zero attached hydrogens (tertiary/aromatic N) is 2. The second-order valence-corrected chi connectivity index (χ2v) is 9.62. The molecule has 2 heterocycles. The summed E-state index contributed by atoms with van der Waals surface area (Å²) in [7, 11) is 0. The van der Waals surface area contributed by atoms with Gasteiger partial charge in [-0.15, -0.1) is 11.8 Å². The van der Waals surface area contributed by atoms with Crippen LogP contribution < -0.4 is 10.7 Å². The van der Waals surface area contributed by atoms with Crippen molar-refractivity contribution in [3.63, 3.8) is 0 Å². The Morgan fingerprint density at radius 1 is 1.06 bits per heavy atom. The molecular formula is C22H22N4O4S. The van der Waals surface area contributed by atoms with Crippen LogP contribution in [0.15, 0.2) is 65.8 Å². The fourth-order valence-corrected chi connectivity index (χ4v) is 5.46. The smallest absolute Gasteiger partial charge is 0.327 e. The summed E-state index contributed by atoms with van der Waals surface area (Å²) in [5.41, 5.74) is 4.31. The first-order chi connectivity index (χ1) is 14.8. The molecule has 31 heavy (non-hydrogen) atoms. The monoisotopic (exact) mass is 438 g/mol. The third kappa shape index (κ3) is 3.88. The van der Waals surface area contributed by atoms with Crippen LogP contribution in [0.3, 0.4) is 0 Å². The molecule has 2 fully saturated rings. The summed E-state index contributed by atoms with van der Waals surface area (Å²) in [4.78, 5) is 38.8. The van der Waals surface area contributed by atoms with Crippen molar-refractivity contribution in [3.8, 4) is 0 Å². The Morgan fingerprint density at radius 2 is 1.68 bits per heavy atom. The first-order valence-electron chi connectivity index (χ1n) is 9.77. The number of amides is 2.